The lowest BCUT2D eigenvalue weighted by molar-refractivity contribution is -0.386. The van der Waals surface area contributed by atoms with Crippen molar-refractivity contribution < 1.29 is 4.92 Å². The van der Waals surface area contributed by atoms with Crippen molar-refractivity contribution in [1.82, 2.24) is 10.2 Å². The molecule has 1 saturated heterocycles. The Kier molecular flexibility index (Phi) is 9.73. The lowest BCUT2D eigenvalue weighted by Crippen LogP contribution is -2.45. The fraction of sp³-hybridized carbons (Fsp3) is 0.467. The molecule has 1 aromatic rings. The van der Waals surface area contributed by atoms with Gasteiger partial charge in [0.2, 0.25) is 0 Å². The van der Waals surface area contributed by atoms with Gasteiger partial charge in [0.1, 0.15) is 0 Å². The van der Waals surface area contributed by atoms with Crippen LogP contribution < -0.4 is 5.32 Å². The van der Waals surface area contributed by atoms with E-state index in [2.05, 4.69) is 16.8 Å². The van der Waals surface area contributed by atoms with Gasteiger partial charge in [-0.3, -0.25) is 15.0 Å². The average Bonchev–Trinajstić information content (AvgIpc) is 2.45. The van der Waals surface area contributed by atoms with E-state index in [0.29, 0.717) is 17.0 Å². The van der Waals surface area contributed by atoms with Gasteiger partial charge in [-0.1, -0.05) is 17.2 Å². The summed E-state index contributed by atoms with van der Waals surface area (Å²) in [7, 11) is 0. The highest BCUT2D eigenvalue weighted by atomic mass is 35.5. The maximum atomic E-state index is 11.3. The van der Waals surface area contributed by atoms with Gasteiger partial charge in [-0.25, -0.2) is 0 Å². The van der Waals surface area contributed by atoms with E-state index in [4.69, 9.17) is 11.6 Å². The lowest BCUT2D eigenvalue weighted by atomic mass is 9.96. The van der Waals surface area contributed by atoms with Crippen molar-refractivity contribution in [3.05, 3.63) is 51.1 Å². The zero-order chi connectivity index (χ0) is 15.4. The molecule has 0 aliphatic carbocycles. The summed E-state index contributed by atoms with van der Waals surface area (Å²) in [5.74, 6) is 0. The number of nitro benzene ring substituents is 1. The summed E-state index contributed by atoms with van der Waals surface area (Å²) < 4.78 is 0. The van der Waals surface area contributed by atoms with Crippen LogP contribution in [0.15, 0.2) is 30.4 Å². The molecule has 1 aliphatic rings. The molecule has 0 unspecified atom stereocenters. The van der Waals surface area contributed by atoms with Crippen molar-refractivity contribution >= 4 is 42.1 Å². The molecule has 1 N–H and O–H groups in total. The number of nitrogens with one attached hydrogen (secondary N) is 1. The number of benzene rings is 1. The Morgan fingerprint density at radius 2 is 2.04 bits per heavy atom. The highest BCUT2D eigenvalue weighted by molar-refractivity contribution is 6.30. The summed E-state index contributed by atoms with van der Waals surface area (Å²) in [5.41, 5.74) is 1.81. The molecule has 0 saturated carbocycles. The monoisotopic (exact) mass is 381 g/mol. The van der Waals surface area contributed by atoms with Gasteiger partial charge >= 0.3 is 0 Å². The van der Waals surface area contributed by atoms with Gasteiger partial charge in [0.15, 0.2) is 0 Å². The van der Waals surface area contributed by atoms with Gasteiger partial charge in [0.25, 0.3) is 5.69 Å². The Balaban J connectivity index is 0.00000242. The molecule has 1 aromatic carbocycles. The molecule has 5 nitrogen and oxygen atoms in total. The van der Waals surface area contributed by atoms with Crippen molar-refractivity contribution in [1.29, 1.82) is 0 Å². The molecular weight excluding hydrogens is 361 g/mol. The third-order valence-electron chi connectivity index (χ3n) is 3.68. The minimum atomic E-state index is -0.334. The molecule has 0 aromatic heterocycles. The predicted octanol–water partition coefficient (Wildman–Crippen LogP) is 4.00. The first-order valence-corrected chi connectivity index (χ1v) is 7.40. The molecule has 0 spiro atoms. The number of nitrogens with zero attached hydrogens (tertiary/aromatic N) is 2. The topological polar surface area (TPSA) is 58.4 Å². The Bertz CT molecular complexity index is 549. The molecule has 1 aliphatic heterocycles. The standard InChI is InChI=1S/C15H20ClN3O2.2ClH/c1-11(2)9-15(18-7-5-17-6-8-18)13-10-12(16)3-4-14(13)19(20)21;;/h3-4,10,15,17H,1,5-9H2,2H3;2*1H/t15-;;/m0../s1. The molecule has 8 heteroatoms. The van der Waals surface area contributed by atoms with Crippen molar-refractivity contribution in [3.63, 3.8) is 0 Å². The molecule has 0 amide bonds. The van der Waals surface area contributed by atoms with Gasteiger partial charge in [0, 0.05) is 48.9 Å². The van der Waals surface area contributed by atoms with Crippen molar-refractivity contribution in [2.24, 2.45) is 0 Å². The van der Waals surface area contributed by atoms with Crippen molar-refractivity contribution in [2.75, 3.05) is 26.2 Å². The number of halogens is 3. The van der Waals surface area contributed by atoms with E-state index >= 15 is 0 Å². The number of hydrogen-bond donors (Lipinski definition) is 1. The number of piperazine rings is 1. The van der Waals surface area contributed by atoms with Crippen LogP contribution in [0, 0.1) is 10.1 Å². The van der Waals surface area contributed by atoms with Gasteiger partial charge < -0.3 is 5.32 Å². The largest absolute Gasteiger partial charge is 0.314 e. The fourth-order valence-electron chi connectivity index (χ4n) is 2.72. The Hall–Kier alpha value is -0.850. The van der Waals surface area contributed by atoms with Gasteiger partial charge in [-0.2, -0.15) is 0 Å². The highest BCUT2D eigenvalue weighted by Gasteiger charge is 2.28. The van der Waals surface area contributed by atoms with E-state index in [9.17, 15) is 10.1 Å². The van der Waals surface area contributed by atoms with E-state index in [1.54, 1.807) is 12.1 Å². The van der Waals surface area contributed by atoms with Gasteiger partial charge in [-0.05, 0) is 25.5 Å². The van der Waals surface area contributed by atoms with Gasteiger partial charge in [-0.15, -0.1) is 31.4 Å². The second-order valence-electron chi connectivity index (χ2n) is 5.42. The summed E-state index contributed by atoms with van der Waals surface area (Å²) in [4.78, 5) is 13.2. The second kappa shape index (κ2) is 10.1. The molecule has 1 atom stereocenters. The van der Waals surface area contributed by atoms with E-state index in [1.165, 1.54) is 6.07 Å². The second-order valence-corrected chi connectivity index (χ2v) is 5.86. The van der Waals surface area contributed by atoms with Crippen LogP contribution in [0.2, 0.25) is 5.02 Å². The molecule has 23 heavy (non-hydrogen) atoms. The number of rotatable bonds is 5. The average molecular weight is 383 g/mol. The van der Waals surface area contributed by atoms with E-state index < -0.39 is 0 Å². The number of hydrogen-bond acceptors (Lipinski definition) is 4. The summed E-state index contributed by atoms with van der Waals surface area (Å²) in [5, 5.41) is 15.1. The molecule has 130 valence electrons. The van der Waals surface area contributed by atoms with Crippen LogP contribution in [0.3, 0.4) is 0 Å². The molecule has 0 bridgehead atoms. The molecule has 2 rings (SSSR count). The first kappa shape index (κ1) is 22.1. The fourth-order valence-corrected chi connectivity index (χ4v) is 2.90. The van der Waals surface area contributed by atoms with Crippen LogP contribution >= 0.6 is 36.4 Å². The summed E-state index contributed by atoms with van der Waals surface area (Å²) in [6, 6.07) is 4.73. The quantitative estimate of drug-likeness (QED) is 0.475. The van der Waals surface area contributed by atoms with E-state index in [-0.39, 0.29) is 41.5 Å². The maximum absolute atomic E-state index is 11.3. The Morgan fingerprint density at radius 1 is 1.43 bits per heavy atom. The summed E-state index contributed by atoms with van der Waals surface area (Å²) in [6.07, 6.45) is 0.696. The number of nitro groups is 1. The summed E-state index contributed by atoms with van der Waals surface area (Å²) in [6.45, 7) is 9.42. The SMILES string of the molecule is C=C(C)C[C@@H](c1cc(Cl)ccc1[N+](=O)[O-])N1CCNCC1.Cl.Cl. The van der Waals surface area contributed by atoms with Crippen LogP contribution in [0.5, 0.6) is 0 Å². The Labute approximate surface area is 154 Å². The van der Waals surface area contributed by atoms with E-state index in [0.717, 1.165) is 31.8 Å². The lowest BCUT2D eigenvalue weighted by Gasteiger charge is -2.35. The minimum Gasteiger partial charge on any atom is -0.314 e. The third-order valence-corrected chi connectivity index (χ3v) is 3.91. The van der Waals surface area contributed by atoms with Crippen LogP contribution in [0.25, 0.3) is 0 Å². The molecule has 0 radical (unpaired) electrons. The Morgan fingerprint density at radius 3 is 2.57 bits per heavy atom. The van der Waals surface area contributed by atoms with Crippen molar-refractivity contribution in [3.8, 4) is 0 Å². The van der Waals surface area contributed by atoms with Gasteiger partial charge in [0.05, 0.1) is 4.92 Å². The van der Waals surface area contributed by atoms with Crippen molar-refractivity contribution in [2.45, 2.75) is 19.4 Å². The molecular formula is C15H22Cl3N3O2. The zero-order valence-electron chi connectivity index (χ0n) is 13.0. The van der Waals surface area contributed by atoms with Crippen LogP contribution in [0.4, 0.5) is 5.69 Å². The normalized spacial score (nSPS) is 15.9. The third kappa shape index (κ3) is 5.94. The smallest absolute Gasteiger partial charge is 0.274 e. The van der Waals surface area contributed by atoms with Crippen LogP contribution in [0.1, 0.15) is 24.9 Å². The maximum Gasteiger partial charge on any atom is 0.274 e. The first-order valence-electron chi connectivity index (χ1n) is 7.02. The highest BCUT2D eigenvalue weighted by Crippen LogP contribution is 2.35. The van der Waals surface area contributed by atoms with E-state index in [1.807, 2.05) is 6.92 Å². The first-order chi connectivity index (χ1) is 9.99. The minimum absolute atomic E-state index is 0. The molecule has 1 heterocycles. The summed E-state index contributed by atoms with van der Waals surface area (Å²) >= 11 is 6.07. The zero-order valence-corrected chi connectivity index (χ0v) is 15.3. The predicted molar refractivity (Wildman–Crippen MR) is 99.2 cm³/mol. The van der Waals surface area contributed by atoms with Crippen LogP contribution in [-0.2, 0) is 0 Å². The van der Waals surface area contributed by atoms with Crippen LogP contribution in [-0.4, -0.2) is 36.0 Å². The molecule has 1 fully saturated rings.